The fourth-order valence-corrected chi connectivity index (χ4v) is 4.38. The van der Waals surface area contributed by atoms with Crippen LogP contribution in [-0.2, 0) is 4.79 Å². The molecule has 5 rings (SSSR count). The summed E-state index contributed by atoms with van der Waals surface area (Å²) < 4.78 is 2.15. The highest BCUT2D eigenvalue weighted by atomic mass is 79.9. The molecule has 0 saturated carbocycles. The number of halogens is 1. The number of benzene rings is 2. The number of H-pyrrole nitrogens is 2. The van der Waals surface area contributed by atoms with Crippen LogP contribution in [-0.4, -0.2) is 41.4 Å². The Kier molecular flexibility index (Phi) is 5.75. The molecule has 3 aromatic heterocycles. The SMILES string of the molecule is Cc1ccc(-n2c(NC(=O)CSc3nnc4c(n3)[nH]c3ccc(Br)cc34)cc(=O)[nH]c2=O)cc1. The van der Waals surface area contributed by atoms with Gasteiger partial charge in [-0.05, 0) is 37.3 Å². The van der Waals surface area contributed by atoms with Crippen LogP contribution in [0.1, 0.15) is 5.56 Å². The van der Waals surface area contributed by atoms with E-state index >= 15 is 0 Å². The standard InChI is InChI=1S/C22H16BrN7O3S/c1-11-2-5-13(6-3-11)30-16(9-17(31)26-22(30)33)25-18(32)10-34-21-27-20-19(28-29-21)14-8-12(23)4-7-15(14)24-20/h2-9H,10H2,1H3,(H,25,32)(H,24,27,29)(H,26,31,33). The second-order valence-corrected chi connectivity index (χ2v) is 9.30. The molecule has 10 nitrogen and oxygen atoms in total. The molecule has 2 aromatic carbocycles. The van der Waals surface area contributed by atoms with Crippen molar-refractivity contribution in [2.45, 2.75) is 12.1 Å². The first-order valence-electron chi connectivity index (χ1n) is 10.0. The lowest BCUT2D eigenvalue weighted by Crippen LogP contribution is -2.32. The summed E-state index contributed by atoms with van der Waals surface area (Å²) in [7, 11) is 0. The maximum Gasteiger partial charge on any atom is 0.334 e. The topological polar surface area (TPSA) is 138 Å². The molecule has 0 fully saturated rings. The highest BCUT2D eigenvalue weighted by Gasteiger charge is 2.14. The third kappa shape index (κ3) is 4.37. The molecule has 0 aliphatic heterocycles. The Balaban J connectivity index is 1.36. The minimum absolute atomic E-state index is 0.0478. The van der Waals surface area contributed by atoms with Gasteiger partial charge >= 0.3 is 5.69 Å². The van der Waals surface area contributed by atoms with Gasteiger partial charge in [0.25, 0.3) is 5.56 Å². The zero-order chi connectivity index (χ0) is 23.8. The Morgan fingerprint density at radius 2 is 1.88 bits per heavy atom. The summed E-state index contributed by atoms with van der Waals surface area (Å²) in [6.45, 7) is 1.92. The first kappa shape index (κ1) is 22.0. The Morgan fingerprint density at radius 3 is 2.68 bits per heavy atom. The van der Waals surface area contributed by atoms with Crippen molar-refractivity contribution in [2.24, 2.45) is 0 Å². The minimum atomic E-state index is -0.650. The summed E-state index contributed by atoms with van der Waals surface area (Å²) in [5.74, 6) is -0.410. The van der Waals surface area contributed by atoms with E-state index in [-0.39, 0.29) is 11.6 Å². The molecule has 0 bridgehead atoms. The molecule has 0 atom stereocenters. The smallest absolute Gasteiger partial charge is 0.334 e. The number of nitrogens with one attached hydrogen (secondary N) is 3. The van der Waals surface area contributed by atoms with Gasteiger partial charge in [-0.15, -0.1) is 10.2 Å². The Bertz CT molecular complexity index is 1670. The van der Waals surface area contributed by atoms with Crippen LogP contribution >= 0.6 is 27.7 Å². The van der Waals surface area contributed by atoms with Crippen molar-refractivity contribution in [1.29, 1.82) is 0 Å². The van der Waals surface area contributed by atoms with E-state index in [1.165, 1.54) is 4.57 Å². The van der Waals surface area contributed by atoms with E-state index in [9.17, 15) is 14.4 Å². The van der Waals surface area contributed by atoms with Crippen LogP contribution in [0.15, 0.2) is 67.7 Å². The number of anilines is 1. The number of aromatic amines is 2. The van der Waals surface area contributed by atoms with Gasteiger partial charge in [0.15, 0.2) is 5.65 Å². The zero-order valence-electron chi connectivity index (χ0n) is 17.6. The van der Waals surface area contributed by atoms with Gasteiger partial charge in [-0.25, -0.2) is 14.3 Å². The van der Waals surface area contributed by atoms with E-state index < -0.39 is 17.2 Å². The number of thioether (sulfide) groups is 1. The Morgan fingerprint density at radius 1 is 1.09 bits per heavy atom. The zero-order valence-corrected chi connectivity index (χ0v) is 20.0. The van der Waals surface area contributed by atoms with E-state index in [1.54, 1.807) is 12.1 Å². The molecule has 1 amide bonds. The van der Waals surface area contributed by atoms with Crippen LogP contribution in [0.4, 0.5) is 5.82 Å². The third-order valence-corrected chi connectivity index (χ3v) is 6.32. The molecule has 3 heterocycles. The lowest BCUT2D eigenvalue weighted by molar-refractivity contribution is -0.113. The molecule has 0 radical (unpaired) electrons. The largest absolute Gasteiger partial charge is 0.338 e. The molecule has 0 aliphatic carbocycles. The van der Waals surface area contributed by atoms with E-state index in [4.69, 9.17) is 0 Å². The molecule has 0 spiro atoms. The minimum Gasteiger partial charge on any atom is -0.338 e. The van der Waals surface area contributed by atoms with Gasteiger partial charge in [0.2, 0.25) is 11.1 Å². The highest BCUT2D eigenvalue weighted by molar-refractivity contribution is 9.10. The highest BCUT2D eigenvalue weighted by Crippen LogP contribution is 2.26. The number of hydrogen-bond acceptors (Lipinski definition) is 7. The number of rotatable bonds is 5. The number of carbonyl (C=O) groups is 1. The summed E-state index contributed by atoms with van der Waals surface area (Å²) >= 11 is 4.53. The van der Waals surface area contributed by atoms with Gasteiger partial charge in [0.05, 0.1) is 11.4 Å². The Labute approximate surface area is 204 Å². The monoisotopic (exact) mass is 537 g/mol. The first-order valence-corrected chi connectivity index (χ1v) is 11.8. The fraction of sp³-hybridized carbons (Fsp3) is 0.0909. The molecule has 170 valence electrons. The number of aryl methyl sites for hydroxylation is 1. The quantitative estimate of drug-likeness (QED) is 0.292. The van der Waals surface area contributed by atoms with E-state index in [0.29, 0.717) is 22.0 Å². The van der Waals surface area contributed by atoms with Gasteiger partial charge < -0.3 is 10.3 Å². The Hall–Kier alpha value is -3.77. The van der Waals surface area contributed by atoms with Gasteiger partial charge in [-0.1, -0.05) is 45.4 Å². The van der Waals surface area contributed by atoms with Crippen molar-refractivity contribution in [2.75, 3.05) is 11.1 Å². The number of aromatic nitrogens is 6. The molecule has 12 heteroatoms. The molecule has 34 heavy (non-hydrogen) atoms. The fourth-order valence-electron chi connectivity index (χ4n) is 3.44. The van der Waals surface area contributed by atoms with Crippen molar-refractivity contribution in [1.82, 2.24) is 29.7 Å². The van der Waals surface area contributed by atoms with Crippen LogP contribution in [0.5, 0.6) is 0 Å². The van der Waals surface area contributed by atoms with Gasteiger partial charge in [-0.3, -0.25) is 14.6 Å². The van der Waals surface area contributed by atoms with E-state index in [2.05, 4.69) is 46.4 Å². The van der Waals surface area contributed by atoms with Crippen LogP contribution < -0.4 is 16.6 Å². The van der Waals surface area contributed by atoms with Crippen molar-refractivity contribution >= 4 is 61.5 Å². The van der Waals surface area contributed by atoms with E-state index in [0.717, 1.165) is 38.8 Å². The predicted molar refractivity (Wildman–Crippen MR) is 134 cm³/mol. The van der Waals surface area contributed by atoms with Gasteiger partial charge in [0, 0.05) is 21.4 Å². The van der Waals surface area contributed by atoms with Crippen LogP contribution in [0.2, 0.25) is 0 Å². The number of carbonyl (C=O) groups excluding carboxylic acids is 1. The van der Waals surface area contributed by atoms with Gasteiger partial charge in [0.1, 0.15) is 11.3 Å². The van der Waals surface area contributed by atoms with Crippen molar-refractivity contribution in [3.05, 3.63) is 79.4 Å². The van der Waals surface area contributed by atoms with Crippen LogP contribution in [0.25, 0.3) is 27.8 Å². The lowest BCUT2D eigenvalue weighted by atomic mass is 10.2. The van der Waals surface area contributed by atoms with Crippen LogP contribution in [0, 0.1) is 6.92 Å². The van der Waals surface area contributed by atoms with Crippen molar-refractivity contribution < 1.29 is 4.79 Å². The van der Waals surface area contributed by atoms with Crippen LogP contribution in [0.3, 0.4) is 0 Å². The number of hydrogen-bond donors (Lipinski definition) is 3. The maximum atomic E-state index is 12.6. The number of amides is 1. The molecule has 0 saturated heterocycles. The van der Waals surface area contributed by atoms with Crippen molar-refractivity contribution in [3.8, 4) is 5.69 Å². The number of fused-ring (bicyclic) bond motifs is 3. The molecule has 3 N–H and O–H groups in total. The molecule has 5 aromatic rings. The molecule has 0 aliphatic rings. The summed E-state index contributed by atoms with van der Waals surface area (Å²) in [6, 6.07) is 14.0. The summed E-state index contributed by atoms with van der Waals surface area (Å²) in [5.41, 5.74) is 2.34. The molecular formula is C22H16BrN7O3S. The third-order valence-electron chi connectivity index (χ3n) is 4.99. The second-order valence-electron chi connectivity index (χ2n) is 7.44. The normalized spacial score (nSPS) is 11.2. The number of nitrogens with zero attached hydrogens (tertiary/aromatic N) is 4. The lowest BCUT2D eigenvalue weighted by Gasteiger charge is -2.13. The maximum absolute atomic E-state index is 12.6. The summed E-state index contributed by atoms with van der Waals surface area (Å²) in [5, 5.41) is 12.2. The summed E-state index contributed by atoms with van der Waals surface area (Å²) in [6.07, 6.45) is 0. The molecular weight excluding hydrogens is 522 g/mol. The summed E-state index contributed by atoms with van der Waals surface area (Å²) in [4.78, 5) is 46.8. The van der Waals surface area contributed by atoms with E-state index in [1.807, 2.05) is 37.3 Å². The first-order chi connectivity index (χ1) is 16.4. The van der Waals surface area contributed by atoms with Crippen molar-refractivity contribution in [3.63, 3.8) is 0 Å². The average Bonchev–Trinajstić information content (AvgIpc) is 3.15. The van der Waals surface area contributed by atoms with Gasteiger partial charge in [-0.2, -0.15) is 0 Å². The second kappa shape index (κ2) is 8.88. The average molecular weight is 538 g/mol. The predicted octanol–water partition coefficient (Wildman–Crippen LogP) is 3.15. The molecule has 0 unspecified atom stereocenters.